The number of nitrogens with zero attached hydrogens (tertiary/aromatic N) is 1. The van der Waals surface area contributed by atoms with E-state index in [1.165, 1.54) is 0 Å². The Morgan fingerprint density at radius 3 is 2.44 bits per heavy atom. The van der Waals surface area contributed by atoms with Crippen molar-refractivity contribution >= 4 is 23.4 Å². The number of rotatable bonds is 5. The molecule has 1 aliphatic heterocycles. The van der Waals surface area contributed by atoms with Crippen molar-refractivity contribution < 1.29 is 9.59 Å². The molecule has 2 amide bonds. The van der Waals surface area contributed by atoms with Crippen molar-refractivity contribution in [1.29, 1.82) is 0 Å². The number of carbonyl (C=O) groups is 2. The Morgan fingerprint density at radius 2 is 1.94 bits per heavy atom. The van der Waals surface area contributed by atoms with Crippen molar-refractivity contribution in [3.63, 3.8) is 0 Å². The van der Waals surface area contributed by atoms with E-state index in [4.69, 9.17) is 17.3 Å². The fraction of sp³-hybridized carbons (Fsp3) is 0.818. The number of alkyl halides is 1. The molecule has 0 spiro atoms. The maximum absolute atomic E-state index is 11.7. The normalized spacial score (nSPS) is 17.4. The van der Waals surface area contributed by atoms with Gasteiger partial charge in [-0.3, -0.25) is 9.59 Å². The van der Waals surface area contributed by atoms with E-state index in [1.54, 1.807) is 0 Å². The molecule has 0 aromatic carbocycles. The van der Waals surface area contributed by atoms with Crippen LogP contribution in [0, 0.1) is 5.92 Å². The topological polar surface area (TPSA) is 63.4 Å². The van der Waals surface area contributed by atoms with Crippen LogP contribution in [0.1, 0.15) is 32.1 Å². The Morgan fingerprint density at radius 1 is 1.31 bits per heavy atom. The number of piperidine rings is 1. The maximum Gasteiger partial charge on any atom is 0.222 e. The molecule has 1 rings (SSSR count). The van der Waals surface area contributed by atoms with Crippen molar-refractivity contribution in [3.8, 4) is 0 Å². The highest BCUT2D eigenvalue weighted by Gasteiger charge is 2.23. The van der Waals surface area contributed by atoms with Gasteiger partial charge in [-0.2, -0.15) is 0 Å². The lowest BCUT2D eigenvalue weighted by molar-refractivity contribution is -0.132. The van der Waals surface area contributed by atoms with Gasteiger partial charge in [0, 0.05) is 31.8 Å². The van der Waals surface area contributed by atoms with Crippen LogP contribution in [0.2, 0.25) is 0 Å². The van der Waals surface area contributed by atoms with Gasteiger partial charge < -0.3 is 10.6 Å². The van der Waals surface area contributed by atoms with Crippen LogP contribution in [0.4, 0.5) is 0 Å². The van der Waals surface area contributed by atoms with Gasteiger partial charge in [0.15, 0.2) is 0 Å². The van der Waals surface area contributed by atoms with Crippen molar-refractivity contribution in [2.75, 3.05) is 19.0 Å². The molecule has 0 unspecified atom stereocenters. The maximum atomic E-state index is 11.7. The lowest BCUT2D eigenvalue weighted by Crippen LogP contribution is -2.39. The summed E-state index contributed by atoms with van der Waals surface area (Å²) in [7, 11) is 0. The molecule has 1 fully saturated rings. The first-order valence-electron chi connectivity index (χ1n) is 5.75. The first kappa shape index (κ1) is 13.3. The molecule has 0 radical (unpaired) electrons. The van der Waals surface area contributed by atoms with Crippen molar-refractivity contribution in [2.24, 2.45) is 11.7 Å². The number of amides is 2. The predicted octanol–water partition coefficient (Wildman–Crippen LogP) is 1.12. The number of nitrogens with two attached hydrogens (primary N) is 1. The molecule has 92 valence electrons. The summed E-state index contributed by atoms with van der Waals surface area (Å²) in [5.74, 6) is 0.823. The van der Waals surface area contributed by atoms with Crippen molar-refractivity contribution in [1.82, 2.24) is 4.90 Å². The Balaban J connectivity index is 2.25. The van der Waals surface area contributed by atoms with E-state index in [-0.39, 0.29) is 11.8 Å². The number of halogens is 1. The molecule has 0 aromatic heterocycles. The average molecular weight is 247 g/mol. The van der Waals surface area contributed by atoms with E-state index in [0.29, 0.717) is 24.6 Å². The zero-order valence-electron chi connectivity index (χ0n) is 9.45. The minimum Gasteiger partial charge on any atom is -0.370 e. The second kappa shape index (κ2) is 6.74. The second-order valence-electron chi connectivity index (χ2n) is 4.29. The van der Waals surface area contributed by atoms with E-state index in [9.17, 15) is 9.59 Å². The zero-order chi connectivity index (χ0) is 12.0. The molecule has 1 heterocycles. The van der Waals surface area contributed by atoms with Crippen LogP contribution in [0.5, 0.6) is 0 Å². The van der Waals surface area contributed by atoms with E-state index in [1.807, 2.05) is 4.90 Å². The van der Waals surface area contributed by atoms with E-state index in [2.05, 4.69) is 0 Å². The van der Waals surface area contributed by atoms with E-state index in [0.717, 1.165) is 32.4 Å². The lowest BCUT2D eigenvalue weighted by Gasteiger charge is -2.31. The van der Waals surface area contributed by atoms with Gasteiger partial charge >= 0.3 is 0 Å². The molecule has 16 heavy (non-hydrogen) atoms. The van der Waals surface area contributed by atoms with Gasteiger partial charge in [0.2, 0.25) is 11.8 Å². The number of primary amides is 1. The van der Waals surface area contributed by atoms with Gasteiger partial charge in [-0.25, -0.2) is 0 Å². The van der Waals surface area contributed by atoms with Crippen LogP contribution >= 0.6 is 11.6 Å². The number of hydrogen-bond acceptors (Lipinski definition) is 2. The molecular weight excluding hydrogens is 228 g/mol. The zero-order valence-corrected chi connectivity index (χ0v) is 10.2. The van der Waals surface area contributed by atoms with Crippen LogP contribution in [0.25, 0.3) is 0 Å². The Labute approximate surface area is 101 Å². The Bertz CT molecular complexity index is 250. The predicted molar refractivity (Wildman–Crippen MR) is 63.1 cm³/mol. The molecule has 0 aliphatic carbocycles. The van der Waals surface area contributed by atoms with Crippen LogP contribution in [-0.2, 0) is 9.59 Å². The number of likely N-dealkylation sites (tertiary alicyclic amines) is 1. The molecule has 5 heteroatoms. The molecule has 0 saturated carbocycles. The summed E-state index contributed by atoms with van der Waals surface area (Å²) < 4.78 is 0. The molecule has 2 N–H and O–H groups in total. The molecule has 0 bridgehead atoms. The van der Waals surface area contributed by atoms with Crippen LogP contribution in [0.3, 0.4) is 0 Å². The third kappa shape index (κ3) is 4.39. The summed E-state index contributed by atoms with van der Waals surface area (Å²) in [6.45, 7) is 1.50. The second-order valence-corrected chi connectivity index (χ2v) is 4.67. The summed E-state index contributed by atoms with van der Waals surface area (Å²) in [6.07, 6.45) is 3.49. The van der Waals surface area contributed by atoms with Crippen molar-refractivity contribution in [3.05, 3.63) is 0 Å². The van der Waals surface area contributed by atoms with Gasteiger partial charge in [-0.15, -0.1) is 11.6 Å². The van der Waals surface area contributed by atoms with Gasteiger partial charge in [-0.1, -0.05) is 0 Å². The van der Waals surface area contributed by atoms with Gasteiger partial charge in [-0.05, 0) is 25.2 Å². The molecular formula is C11H19ClN2O2. The fourth-order valence-electron chi connectivity index (χ4n) is 2.05. The summed E-state index contributed by atoms with van der Waals surface area (Å²) in [5.41, 5.74) is 5.15. The SMILES string of the molecule is NC(=O)CC1CCN(C(=O)CCCCl)CC1. The molecule has 1 saturated heterocycles. The van der Waals surface area contributed by atoms with Crippen LogP contribution in [-0.4, -0.2) is 35.7 Å². The first-order valence-corrected chi connectivity index (χ1v) is 6.29. The summed E-state index contributed by atoms with van der Waals surface area (Å²) in [5, 5.41) is 0. The highest BCUT2D eigenvalue weighted by Crippen LogP contribution is 2.20. The largest absolute Gasteiger partial charge is 0.370 e. The Hall–Kier alpha value is -0.770. The Kier molecular flexibility index (Phi) is 5.60. The van der Waals surface area contributed by atoms with E-state index < -0.39 is 0 Å². The third-order valence-corrected chi connectivity index (χ3v) is 3.25. The average Bonchev–Trinajstić information content (AvgIpc) is 2.26. The first-order chi connectivity index (χ1) is 7.63. The lowest BCUT2D eigenvalue weighted by atomic mass is 9.93. The monoisotopic (exact) mass is 246 g/mol. The summed E-state index contributed by atoms with van der Waals surface area (Å²) in [6, 6.07) is 0. The molecule has 0 aromatic rings. The fourth-order valence-corrected chi connectivity index (χ4v) is 2.18. The van der Waals surface area contributed by atoms with E-state index >= 15 is 0 Å². The summed E-state index contributed by atoms with van der Waals surface area (Å²) in [4.78, 5) is 24.3. The minimum absolute atomic E-state index is 0.179. The molecule has 0 atom stereocenters. The third-order valence-electron chi connectivity index (χ3n) is 2.98. The quantitative estimate of drug-likeness (QED) is 0.739. The highest BCUT2D eigenvalue weighted by molar-refractivity contribution is 6.17. The van der Waals surface area contributed by atoms with Gasteiger partial charge in [0.25, 0.3) is 0 Å². The highest BCUT2D eigenvalue weighted by atomic mass is 35.5. The number of carbonyl (C=O) groups excluding carboxylic acids is 2. The molecule has 4 nitrogen and oxygen atoms in total. The van der Waals surface area contributed by atoms with Crippen molar-refractivity contribution in [2.45, 2.75) is 32.1 Å². The van der Waals surface area contributed by atoms with Crippen LogP contribution < -0.4 is 5.73 Å². The van der Waals surface area contributed by atoms with Gasteiger partial charge in [0.05, 0.1) is 0 Å². The summed E-state index contributed by atoms with van der Waals surface area (Å²) >= 11 is 5.54. The molecule has 1 aliphatic rings. The van der Waals surface area contributed by atoms with Gasteiger partial charge in [0.1, 0.15) is 0 Å². The minimum atomic E-state index is -0.244. The van der Waals surface area contributed by atoms with Crippen LogP contribution in [0.15, 0.2) is 0 Å². The standard InChI is InChI=1S/C11H19ClN2O2/c12-5-1-2-11(16)14-6-3-9(4-7-14)8-10(13)15/h9H,1-8H2,(H2,13,15). The smallest absolute Gasteiger partial charge is 0.222 e. The number of hydrogen-bond donors (Lipinski definition) is 1.